The molecule has 2 rings (SSSR count). The molecular formula is C10H8ClF3N4. The molecule has 0 saturated carbocycles. The summed E-state index contributed by atoms with van der Waals surface area (Å²) >= 11 is 5.86. The Morgan fingerprint density at radius 3 is 2.61 bits per heavy atom. The topological polar surface area (TPSA) is 43.6 Å². The van der Waals surface area contributed by atoms with E-state index in [1.54, 1.807) is 0 Å². The molecule has 18 heavy (non-hydrogen) atoms. The van der Waals surface area contributed by atoms with Crippen molar-refractivity contribution in [2.75, 3.05) is 0 Å². The van der Waals surface area contributed by atoms with Gasteiger partial charge in [-0.25, -0.2) is 14.6 Å². The van der Waals surface area contributed by atoms with E-state index in [0.717, 1.165) is 17.1 Å². The number of rotatable bonds is 2. The minimum absolute atomic E-state index is 0.214. The molecule has 2 heterocycles. The fourth-order valence-electron chi connectivity index (χ4n) is 1.47. The van der Waals surface area contributed by atoms with Crippen molar-refractivity contribution in [1.82, 2.24) is 19.7 Å². The van der Waals surface area contributed by atoms with E-state index in [4.69, 9.17) is 11.6 Å². The summed E-state index contributed by atoms with van der Waals surface area (Å²) in [6.45, 7) is 1.81. The van der Waals surface area contributed by atoms with Gasteiger partial charge in [-0.3, -0.25) is 0 Å². The molecule has 0 radical (unpaired) electrons. The zero-order chi connectivity index (χ0) is 13.3. The molecule has 2 aromatic heterocycles. The standard InChI is InChI=1S/C10H8ClF3N4/c1-2-7-8(11)15-5-16-9(7)18-4-6(3-17-18)10(12,13)14/h3-5H,2H2,1H3. The average molecular weight is 277 g/mol. The summed E-state index contributed by atoms with van der Waals surface area (Å²) in [6, 6.07) is 0. The molecule has 0 aliphatic heterocycles. The van der Waals surface area contributed by atoms with Crippen molar-refractivity contribution in [1.29, 1.82) is 0 Å². The Bertz CT molecular complexity index is 564. The second-order valence-corrected chi connectivity index (χ2v) is 3.85. The van der Waals surface area contributed by atoms with Crippen LogP contribution in [0.15, 0.2) is 18.7 Å². The predicted octanol–water partition coefficient (Wildman–Crippen LogP) is 2.90. The lowest BCUT2D eigenvalue weighted by atomic mass is 10.2. The van der Waals surface area contributed by atoms with Crippen molar-refractivity contribution in [2.24, 2.45) is 0 Å². The van der Waals surface area contributed by atoms with Crippen molar-refractivity contribution < 1.29 is 13.2 Å². The zero-order valence-electron chi connectivity index (χ0n) is 9.24. The van der Waals surface area contributed by atoms with Crippen molar-refractivity contribution in [3.8, 4) is 5.82 Å². The van der Waals surface area contributed by atoms with E-state index in [1.807, 2.05) is 6.92 Å². The van der Waals surface area contributed by atoms with E-state index in [2.05, 4.69) is 15.1 Å². The minimum Gasteiger partial charge on any atom is -0.224 e. The van der Waals surface area contributed by atoms with E-state index < -0.39 is 11.7 Å². The predicted molar refractivity (Wildman–Crippen MR) is 58.5 cm³/mol. The zero-order valence-corrected chi connectivity index (χ0v) is 10.00. The van der Waals surface area contributed by atoms with Crippen LogP contribution in [0.4, 0.5) is 13.2 Å². The van der Waals surface area contributed by atoms with Gasteiger partial charge in [0.15, 0.2) is 5.82 Å². The molecule has 0 aliphatic rings. The van der Waals surface area contributed by atoms with Crippen LogP contribution in [0.3, 0.4) is 0 Å². The van der Waals surface area contributed by atoms with Gasteiger partial charge in [-0.2, -0.15) is 18.3 Å². The first kappa shape index (κ1) is 12.8. The lowest BCUT2D eigenvalue weighted by molar-refractivity contribution is -0.137. The van der Waals surface area contributed by atoms with Crippen LogP contribution in [0.2, 0.25) is 5.15 Å². The van der Waals surface area contributed by atoms with Gasteiger partial charge >= 0.3 is 6.18 Å². The molecule has 8 heteroatoms. The summed E-state index contributed by atoms with van der Waals surface area (Å²) in [5.74, 6) is 0.257. The van der Waals surface area contributed by atoms with Gasteiger partial charge < -0.3 is 0 Å². The molecule has 96 valence electrons. The molecular weight excluding hydrogens is 269 g/mol. The van der Waals surface area contributed by atoms with Gasteiger partial charge in [0.2, 0.25) is 0 Å². The lowest BCUT2D eigenvalue weighted by Crippen LogP contribution is -2.06. The second kappa shape index (κ2) is 4.56. The summed E-state index contributed by atoms with van der Waals surface area (Å²) in [4.78, 5) is 7.70. The number of hydrogen-bond donors (Lipinski definition) is 0. The molecule has 2 aromatic rings. The van der Waals surface area contributed by atoms with Crippen LogP contribution in [0.1, 0.15) is 18.1 Å². The van der Waals surface area contributed by atoms with Crippen LogP contribution in [0.5, 0.6) is 0 Å². The van der Waals surface area contributed by atoms with E-state index in [1.165, 1.54) is 6.33 Å². The normalized spacial score (nSPS) is 11.8. The third kappa shape index (κ3) is 2.31. The van der Waals surface area contributed by atoms with Crippen LogP contribution in [0, 0.1) is 0 Å². The van der Waals surface area contributed by atoms with Crippen molar-refractivity contribution >= 4 is 11.6 Å². The van der Waals surface area contributed by atoms with Gasteiger partial charge in [0.25, 0.3) is 0 Å². The number of hydrogen-bond acceptors (Lipinski definition) is 3. The largest absolute Gasteiger partial charge is 0.419 e. The molecule has 0 bridgehead atoms. The van der Waals surface area contributed by atoms with E-state index in [-0.39, 0.29) is 11.0 Å². The van der Waals surface area contributed by atoms with Crippen LogP contribution in [-0.2, 0) is 12.6 Å². The Kier molecular flexibility index (Phi) is 3.25. The quantitative estimate of drug-likeness (QED) is 0.792. The van der Waals surface area contributed by atoms with Crippen molar-refractivity contribution in [3.05, 3.63) is 35.0 Å². The Labute approximate surface area is 105 Å². The first-order valence-corrected chi connectivity index (χ1v) is 5.43. The highest BCUT2D eigenvalue weighted by molar-refractivity contribution is 6.30. The Morgan fingerprint density at radius 1 is 1.33 bits per heavy atom. The van der Waals surface area contributed by atoms with Crippen molar-refractivity contribution in [3.63, 3.8) is 0 Å². The number of alkyl halides is 3. The van der Waals surface area contributed by atoms with E-state index >= 15 is 0 Å². The lowest BCUT2D eigenvalue weighted by Gasteiger charge is -2.07. The Balaban J connectivity index is 2.50. The molecule has 0 atom stereocenters. The third-order valence-electron chi connectivity index (χ3n) is 2.35. The molecule has 0 saturated heterocycles. The van der Waals surface area contributed by atoms with Gasteiger partial charge in [-0.05, 0) is 6.42 Å². The first-order valence-electron chi connectivity index (χ1n) is 5.05. The van der Waals surface area contributed by atoms with E-state index in [0.29, 0.717) is 12.0 Å². The fourth-order valence-corrected chi connectivity index (χ4v) is 1.73. The molecule has 0 fully saturated rings. The van der Waals surface area contributed by atoms with Crippen LogP contribution < -0.4 is 0 Å². The summed E-state index contributed by atoms with van der Waals surface area (Å²) in [7, 11) is 0. The number of halogens is 4. The van der Waals surface area contributed by atoms with Gasteiger partial charge in [0, 0.05) is 11.8 Å². The van der Waals surface area contributed by atoms with Crippen LogP contribution >= 0.6 is 11.6 Å². The van der Waals surface area contributed by atoms with E-state index in [9.17, 15) is 13.2 Å². The molecule has 0 spiro atoms. The Morgan fingerprint density at radius 2 is 2.06 bits per heavy atom. The molecule has 0 unspecified atom stereocenters. The maximum Gasteiger partial charge on any atom is 0.419 e. The average Bonchev–Trinajstić information content (AvgIpc) is 2.77. The fraction of sp³-hybridized carbons (Fsp3) is 0.300. The number of nitrogens with zero attached hydrogens (tertiary/aromatic N) is 4. The van der Waals surface area contributed by atoms with Gasteiger partial charge in [0.1, 0.15) is 11.5 Å². The molecule has 4 nitrogen and oxygen atoms in total. The van der Waals surface area contributed by atoms with Crippen molar-refractivity contribution in [2.45, 2.75) is 19.5 Å². The van der Waals surface area contributed by atoms with Crippen LogP contribution in [-0.4, -0.2) is 19.7 Å². The summed E-state index contributed by atoms with van der Waals surface area (Å²) in [6.07, 6.45) is -1.13. The van der Waals surface area contributed by atoms with Crippen LogP contribution in [0.25, 0.3) is 5.82 Å². The molecule has 0 N–H and O–H groups in total. The highest BCUT2D eigenvalue weighted by Gasteiger charge is 2.32. The maximum atomic E-state index is 12.5. The summed E-state index contributed by atoms with van der Waals surface area (Å²) in [5, 5.41) is 3.86. The second-order valence-electron chi connectivity index (χ2n) is 3.49. The monoisotopic (exact) mass is 276 g/mol. The smallest absolute Gasteiger partial charge is 0.224 e. The Hall–Kier alpha value is -1.63. The molecule has 0 aromatic carbocycles. The number of aromatic nitrogens is 4. The highest BCUT2D eigenvalue weighted by Crippen LogP contribution is 2.29. The SMILES string of the molecule is CCc1c(Cl)ncnc1-n1cc(C(F)(F)F)cn1. The molecule has 0 amide bonds. The molecule has 0 aliphatic carbocycles. The highest BCUT2D eigenvalue weighted by atomic mass is 35.5. The van der Waals surface area contributed by atoms with Gasteiger partial charge in [-0.15, -0.1) is 0 Å². The van der Waals surface area contributed by atoms with Gasteiger partial charge in [0.05, 0.1) is 11.8 Å². The summed E-state index contributed by atoms with van der Waals surface area (Å²) < 4.78 is 38.5. The maximum absolute atomic E-state index is 12.5. The van der Waals surface area contributed by atoms with Gasteiger partial charge in [-0.1, -0.05) is 18.5 Å². The third-order valence-corrected chi connectivity index (χ3v) is 2.68. The minimum atomic E-state index is -4.43. The first-order chi connectivity index (χ1) is 8.43. The summed E-state index contributed by atoms with van der Waals surface area (Å²) in [5.41, 5.74) is -0.282.